The summed E-state index contributed by atoms with van der Waals surface area (Å²) < 4.78 is 38.0. The molecule has 0 aromatic rings. The minimum atomic E-state index is -3.10. The second kappa shape index (κ2) is 13.9. The Morgan fingerprint density at radius 1 is 0.710 bits per heavy atom. The second-order valence-corrected chi connectivity index (χ2v) is 19.8. The third-order valence-corrected chi connectivity index (χ3v) is 12.5. The Labute approximate surface area is 193 Å². The van der Waals surface area contributed by atoms with Crippen molar-refractivity contribution in [1.82, 2.24) is 14.4 Å². The lowest BCUT2D eigenvalue weighted by molar-refractivity contribution is 0.00853. The van der Waals surface area contributed by atoms with Gasteiger partial charge in [0.05, 0.1) is 20.9 Å². The summed E-state index contributed by atoms with van der Waals surface area (Å²) in [5.74, 6) is 0. The topological polar surface area (TPSA) is 65.1 Å². The van der Waals surface area contributed by atoms with Crippen molar-refractivity contribution in [2.45, 2.75) is 40.4 Å². The molecular formula is C19H47N3O6Si3. The smallest absolute Gasteiger partial charge is 0.373 e. The van der Waals surface area contributed by atoms with Crippen molar-refractivity contribution in [3.63, 3.8) is 0 Å². The zero-order chi connectivity index (χ0) is 23.5. The van der Waals surface area contributed by atoms with Gasteiger partial charge in [-0.2, -0.15) is 0 Å². The highest BCUT2D eigenvalue weighted by atomic mass is 28.4. The summed E-state index contributed by atoms with van der Waals surface area (Å²) >= 11 is 0. The monoisotopic (exact) mass is 497 g/mol. The second-order valence-electron chi connectivity index (χ2n) is 8.91. The molecule has 31 heavy (non-hydrogen) atoms. The minimum absolute atomic E-state index is 0.458. The standard InChI is InChI=1S/C19H47N3O6Si3/c1-10-26-30(27-11-2,28-12-3)19-22(31(23-4,24-5)25-6)17-20-13-15-21(16-14-20)18-29(7,8)9/h10-19H2,1-9H3. The molecule has 0 aromatic heterocycles. The maximum Gasteiger partial charge on any atom is 0.599 e. The Bertz CT molecular complexity index is 464. The van der Waals surface area contributed by atoms with E-state index in [0.717, 1.165) is 26.2 Å². The van der Waals surface area contributed by atoms with Crippen molar-refractivity contribution >= 4 is 25.8 Å². The molecular weight excluding hydrogens is 450 g/mol. The first-order valence-electron chi connectivity index (χ1n) is 11.4. The van der Waals surface area contributed by atoms with Crippen molar-refractivity contribution in [2.24, 2.45) is 0 Å². The number of hydrogen-bond donors (Lipinski definition) is 0. The molecule has 0 atom stereocenters. The number of rotatable bonds is 16. The molecule has 1 aliphatic rings. The van der Waals surface area contributed by atoms with Crippen LogP contribution >= 0.6 is 0 Å². The van der Waals surface area contributed by atoms with Gasteiger partial charge in [0.1, 0.15) is 0 Å². The van der Waals surface area contributed by atoms with E-state index in [4.69, 9.17) is 26.6 Å². The van der Waals surface area contributed by atoms with E-state index < -0.39 is 25.8 Å². The molecule has 0 spiro atoms. The van der Waals surface area contributed by atoms with Crippen molar-refractivity contribution in [3.05, 3.63) is 0 Å². The summed E-state index contributed by atoms with van der Waals surface area (Å²) in [5.41, 5.74) is 0. The van der Waals surface area contributed by atoms with Gasteiger partial charge in [-0.15, -0.1) is 0 Å². The molecule has 0 N–H and O–H groups in total. The van der Waals surface area contributed by atoms with E-state index in [0.29, 0.717) is 32.7 Å². The van der Waals surface area contributed by atoms with Crippen LogP contribution in [0.2, 0.25) is 19.6 Å². The SMILES string of the molecule is CCO[Si](CN(CN1CCN(C[Si](C)(C)C)CC1)[Si](OC)(OC)OC)(OCC)OCC. The Morgan fingerprint density at radius 2 is 1.13 bits per heavy atom. The predicted octanol–water partition coefficient (Wildman–Crippen LogP) is 1.70. The molecule has 0 unspecified atom stereocenters. The van der Waals surface area contributed by atoms with E-state index >= 15 is 0 Å². The normalized spacial score (nSPS) is 17.6. The van der Waals surface area contributed by atoms with Gasteiger partial charge in [-0.1, -0.05) is 19.6 Å². The van der Waals surface area contributed by atoms with Gasteiger partial charge >= 0.3 is 17.8 Å². The van der Waals surface area contributed by atoms with E-state index in [1.165, 1.54) is 6.17 Å². The van der Waals surface area contributed by atoms with E-state index in [1.54, 1.807) is 21.3 Å². The van der Waals surface area contributed by atoms with Crippen molar-refractivity contribution in [2.75, 3.05) is 86.3 Å². The molecule has 1 aliphatic heterocycles. The van der Waals surface area contributed by atoms with Gasteiger partial charge in [0, 0.05) is 67.3 Å². The fraction of sp³-hybridized carbons (Fsp3) is 1.00. The summed E-state index contributed by atoms with van der Waals surface area (Å²) in [7, 11) is -2.24. The van der Waals surface area contributed by atoms with Crippen LogP contribution < -0.4 is 0 Å². The maximum atomic E-state index is 6.12. The lowest BCUT2D eigenvalue weighted by Gasteiger charge is -2.44. The van der Waals surface area contributed by atoms with Gasteiger partial charge in [0.25, 0.3) is 0 Å². The van der Waals surface area contributed by atoms with Gasteiger partial charge < -0.3 is 31.5 Å². The fourth-order valence-corrected chi connectivity index (χ4v) is 11.1. The third-order valence-electron chi connectivity index (χ3n) is 5.17. The van der Waals surface area contributed by atoms with Crippen molar-refractivity contribution in [3.8, 4) is 0 Å². The van der Waals surface area contributed by atoms with Crippen LogP contribution in [0.1, 0.15) is 20.8 Å². The minimum Gasteiger partial charge on any atom is -0.373 e. The van der Waals surface area contributed by atoms with Crippen LogP contribution in [0.4, 0.5) is 0 Å². The summed E-state index contributed by atoms with van der Waals surface area (Å²) in [4.78, 5) is 5.03. The molecule has 0 bridgehead atoms. The quantitative estimate of drug-likeness (QED) is 0.296. The van der Waals surface area contributed by atoms with Gasteiger partial charge in [-0.25, -0.2) is 4.57 Å². The average Bonchev–Trinajstić information content (AvgIpc) is 2.70. The van der Waals surface area contributed by atoms with Crippen LogP contribution in [-0.2, 0) is 26.6 Å². The largest absolute Gasteiger partial charge is 0.599 e. The fourth-order valence-electron chi connectivity index (χ4n) is 4.03. The van der Waals surface area contributed by atoms with Crippen molar-refractivity contribution in [1.29, 1.82) is 0 Å². The zero-order valence-electron chi connectivity index (χ0n) is 21.4. The highest BCUT2D eigenvalue weighted by molar-refractivity contribution is 6.76. The van der Waals surface area contributed by atoms with Gasteiger partial charge in [-0.3, -0.25) is 4.90 Å². The Kier molecular flexibility index (Phi) is 13.1. The molecule has 0 amide bonds. The van der Waals surface area contributed by atoms with Crippen LogP contribution in [0.25, 0.3) is 0 Å². The summed E-state index contributed by atoms with van der Waals surface area (Å²) in [6.45, 7) is 19.6. The van der Waals surface area contributed by atoms with Gasteiger partial charge in [0.2, 0.25) is 0 Å². The molecule has 0 aliphatic carbocycles. The number of hydrogen-bond acceptors (Lipinski definition) is 9. The van der Waals surface area contributed by atoms with E-state index in [-0.39, 0.29) is 0 Å². The summed E-state index contributed by atoms with van der Waals surface area (Å²) in [6, 6.07) is 0. The highest BCUT2D eigenvalue weighted by Crippen LogP contribution is 2.21. The Hall–Kier alpha value is 0.291. The Morgan fingerprint density at radius 3 is 1.48 bits per heavy atom. The van der Waals surface area contributed by atoms with Crippen molar-refractivity contribution < 1.29 is 26.6 Å². The maximum absolute atomic E-state index is 6.12. The first-order valence-corrected chi connectivity index (χ1v) is 18.7. The number of piperazine rings is 1. The van der Waals surface area contributed by atoms with Crippen LogP contribution in [0.3, 0.4) is 0 Å². The molecule has 186 valence electrons. The van der Waals surface area contributed by atoms with E-state index in [9.17, 15) is 0 Å². The molecule has 9 nitrogen and oxygen atoms in total. The Balaban J connectivity index is 3.02. The average molecular weight is 498 g/mol. The molecule has 0 radical (unpaired) electrons. The molecule has 0 aromatic carbocycles. The van der Waals surface area contributed by atoms with Crippen LogP contribution in [0.5, 0.6) is 0 Å². The van der Waals surface area contributed by atoms with Crippen LogP contribution in [0, 0.1) is 0 Å². The van der Waals surface area contributed by atoms with Crippen LogP contribution in [0.15, 0.2) is 0 Å². The van der Waals surface area contributed by atoms with Gasteiger partial charge in [0.15, 0.2) is 0 Å². The third kappa shape index (κ3) is 9.22. The summed E-state index contributed by atoms with van der Waals surface area (Å²) in [6.07, 6.45) is 1.70. The van der Waals surface area contributed by atoms with Crippen LogP contribution in [-0.4, -0.2) is 127 Å². The number of nitrogens with zero attached hydrogens (tertiary/aromatic N) is 3. The molecule has 0 saturated carbocycles. The van der Waals surface area contributed by atoms with E-state index in [1.807, 2.05) is 20.8 Å². The lowest BCUT2D eigenvalue weighted by atomic mass is 10.3. The molecule has 1 saturated heterocycles. The molecule has 1 rings (SSSR count). The highest BCUT2D eigenvalue weighted by Gasteiger charge is 2.54. The van der Waals surface area contributed by atoms with Gasteiger partial charge in [-0.05, 0) is 26.9 Å². The lowest BCUT2D eigenvalue weighted by Crippen LogP contribution is -2.69. The zero-order valence-corrected chi connectivity index (χ0v) is 24.4. The first-order chi connectivity index (χ1) is 14.6. The molecule has 12 heteroatoms. The first kappa shape index (κ1) is 29.3. The summed E-state index contributed by atoms with van der Waals surface area (Å²) in [5, 5.41) is 0. The molecule has 1 fully saturated rings. The predicted molar refractivity (Wildman–Crippen MR) is 130 cm³/mol. The van der Waals surface area contributed by atoms with E-state index in [2.05, 4.69) is 34.0 Å². The molecule has 1 heterocycles.